The molecule has 1 fully saturated rings. The molecule has 0 unspecified atom stereocenters. The summed E-state index contributed by atoms with van der Waals surface area (Å²) in [7, 11) is 2.20. The Hall–Kier alpha value is -1.43. The first kappa shape index (κ1) is 15.0. The Morgan fingerprint density at radius 2 is 2.25 bits per heavy atom. The molecule has 0 spiro atoms. The van der Waals surface area contributed by atoms with Crippen LogP contribution in [0.4, 0.5) is 0 Å². The molecule has 6 nitrogen and oxygen atoms in total. The third kappa shape index (κ3) is 4.03. The van der Waals surface area contributed by atoms with Crippen LogP contribution in [0.25, 0.3) is 0 Å². The van der Waals surface area contributed by atoms with Crippen LogP contribution in [0.3, 0.4) is 0 Å². The third-order valence-corrected chi connectivity index (χ3v) is 3.98. The van der Waals surface area contributed by atoms with Gasteiger partial charge in [0.25, 0.3) is 5.91 Å². The second-order valence-corrected chi connectivity index (χ2v) is 5.69. The van der Waals surface area contributed by atoms with Crippen molar-refractivity contribution >= 4 is 5.91 Å². The Labute approximate surface area is 120 Å². The van der Waals surface area contributed by atoms with Crippen molar-refractivity contribution in [3.63, 3.8) is 0 Å². The van der Waals surface area contributed by atoms with Gasteiger partial charge in [0.1, 0.15) is 6.33 Å². The molecule has 112 valence electrons. The number of hydrogen-bond acceptors (Lipinski definition) is 4. The zero-order valence-corrected chi connectivity index (χ0v) is 12.5. The quantitative estimate of drug-likeness (QED) is 0.854. The third-order valence-electron chi connectivity index (χ3n) is 3.98. The van der Waals surface area contributed by atoms with Crippen molar-refractivity contribution in [2.24, 2.45) is 5.92 Å². The van der Waals surface area contributed by atoms with Gasteiger partial charge in [0.15, 0.2) is 0 Å². The molecule has 0 bridgehead atoms. The number of nitrogens with one attached hydrogen (secondary N) is 1. The maximum atomic E-state index is 12.1. The first-order chi connectivity index (χ1) is 9.70. The van der Waals surface area contributed by atoms with Crippen molar-refractivity contribution in [2.45, 2.75) is 32.6 Å². The fraction of sp³-hybridized carbons (Fsp3) is 0.786. The van der Waals surface area contributed by atoms with Crippen LogP contribution in [-0.2, 0) is 0 Å². The number of carbonyl (C=O) groups is 1. The topological polar surface area (TPSA) is 65.1 Å². The second-order valence-electron chi connectivity index (χ2n) is 5.69. The summed E-state index contributed by atoms with van der Waals surface area (Å²) in [6.45, 7) is 6.19. The number of H-pyrrole nitrogens is 1. The number of nitrogens with zero attached hydrogens (tertiary/aromatic N) is 4. The predicted molar refractivity (Wildman–Crippen MR) is 77.4 cm³/mol. The minimum atomic E-state index is -0.0275. The van der Waals surface area contributed by atoms with E-state index < -0.39 is 0 Å². The minimum Gasteiger partial charge on any atom is -0.336 e. The molecule has 1 aromatic heterocycles. The molecule has 1 aromatic rings. The van der Waals surface area contributed by atoms with Gasteiger partial charge in [-0.2, -0.15) is 5.10 Å². The smallest absolute Gasteiger partial charge is 0.291 e. The van der Waals surface area contributed by atoms with E-state index in [1.165, 1.54) is 25.7 Å². The van der Waals surface area contributed by atoms with Gasteiger partial charge < -0.3 is 9.80 Å². The zero-order valence-electron chi connectivity index (χ0n) is 12.5. The van der Waals surface area contributed by atoms with E-state index in [1.54, 1.807) is 0 Å². The Bertz CT molecular complexity index is 398. The van der Waals surface area contributed by atoms with Crippen LogP contribution in [0, 0.1) is 5.92 Å². The summed E-state index contributed by atoms with van der Waals surface area (Å²) in [5, 5.41) is 6.37. The number of likely N-dealkylation sites (tertiary alicyclic amines) is 1. The minimum absolute atomic E-state index is 0.0275. The summed E-state index contributed by atoms with van der Waals surface area (Å²) in [5.41, 5.74) is 0. The lowest BCUT2D eigenvalue weighted by molar-refractivity contribution is 0.0661. The molecule has 0 atom stereocenters. The van der Waals surface area contributed by atoms with Crippen LogP contribution in [0.1, 0.15) is 43.2 Å². The van der Waals surface area contributed by atoms with E-state index in [0.717, 1.165) is 32.5 Å². The summed E-state index contributed by atoms with van der Waals surface area (Å²) >= 11 is 0. The molecular weight excluding hydrogens is 254 g/mol. The van der Waals surface area contributed by atoms with E-state index in [2.05, 4.69) is 34.1 Å². The van der Waals surface area contributed by atoms with Crippen molar-refractivity contribution in [3.8, 4) is 0 Å². The number of hydrogen-bond donors (Lipinski definition) is 1. The van der Waals surface area contributed by atoms with Gasteiger partial charge in [0.2, 0.25) is 5.82 Å². The van der Waals surface area contributed by atoms with Crippen molar-refractivity contribution in [1.29, 1.82) is 0 Å². The molecule has 1 aliphatic heterocycles. The standard InChI is InChI=1S/C14H25N5O/c1-3-4-7-18(2)10-12-5-8-19(9-6-12)14(20)13-15-11-16-17-13/h11-12H,3-10H2,1-2H3,(H,15,16,17). The van der Waals surface area contributed by atoms with E-state index in [1.807, 2.05) is 4.90 Å². The van der Waals surface area contributed by atoms with Crippen molar-refractivity contribution in [2.75, 3.05) is 33.2 Å². The van der Waals surface area contributed by atoms with Gasteiger partial charge in [0.05, 0.1) is 0 Å². The van der Waals surface area contributed by atoms with Crippen molar-refractivity contribution in [3.05, 3.63) is 12.2 Å². The predicted octanol–water partition coefficient (Wildman–Crippen LogP) is 1.39. The molecule has 0 saturated carbocycles. The SMILES string of the molecule is CCCCN(C)CC1CCN(C(=O)c2ncn[nH]2)CC1. The number of carbonyl (C=O) groups excluding carboxylic acids is 1. The molecule has 1 aliphatic rings. The summed E-state index contributed by atoms with van der Waals surface area (Å²) in [6.07, 6.45) is 6.04. The Balaban J connectivity index is 1.73. The van der Waals surface area contributed by atoms with Crippen molar-refractivity contribution in [1.82, 2.24) is 25.0 Å². The number of piperidine rings is 1. The first-order valence-corrected chi connectivity index (χ1v) is 7.54. The Morgan fingerprint density at radius 1 is 1.50 bits per heavy atom. The summed E-state index contributed by atoms with van der Waals surface area (Å²) in [6, 6.07) is 0. The Morgan fingerprint density at radius 3 is 2.85 bits per heavy atom. The molecule has 1 N–H and O–H groups in total. The number of aromatic amines is 1. The molecule has 6 heteroatoms. The van der Waals surface area contributed by atoms with E-state index in [-0.39, 0.29) is 5.91 Å². The fourth-order valence-corrected chi connectivity index (χ4v) is 2.74. The molecule has 0 radical (unpaired) electrons. The highest BCUT2D eigenvalue weighted by atomic mass is 16.2. The van der Waals surface area contributed by atoms with Crippen LogP contribution >= 0.6 is 0 Å². The second kappa shape index (κ2) is 7.38. The summed E-state index contributed by atoms with van der Waals surface area (Å²) in [5.74, 6) is 1.03. The van der Waals surface area contributed by atoms with Crippen LogP contribution in [-0.4, -0.2) is 64.1 Å². The first-order valence-electron chi connectivity index (χ1n) is 7.54. The van der Waals surface area contributed by atoms with Gasteiger partial charge in [-0.3, -0.25) is 9.89 Å². The average molecular weight is 279 g/mol. The van der Waals surface area contributed by atoms with Gasteiger partial charge in [-0.1, -0.05) is 13.3 Å². The molecule has 1 amide bonds. The van der Waals surface area contributed by atoms with Crippen LogP contribution < -0.4 is 0 Å². The van der Waals surface area contributed by atoms with Crippen LogP contribution in [0.15, 0.2) is 6.33 Å². The summed E-state index contributed by atoms with van der Waals surface area (Å²) < 4.78 is 0. The number of unbranched alkanes of at least 4 members (excludes halogenated alkanes) is 1. The normalized spacial score (nSPS) is 16.9. The van der Waals surface area contributed by atoms with Gasteiger partial charge in [-0.15, -0.1) is 0 Å². The molecule has 0 aliphatic carbocycles. The van der Waals surface area contributed by atoms with E-state index in [0.29, 0.717) is 11.7 Å². The highest BCUT2D eigenvalue weighted by molar-refractivity contribution is 5.90. The number of aromatic nitrogens is 3. The zero-order chi connectivity index (χ0) is 14.4. The number of amides is 1. The lowest BCUT2D eigenvalue weighted by atomic mass is 9.96. The van der Waals surface area contributed by atoms with Gasteiger partial charge in [-0.05, 0) is 38.8 Å². The number of rotatable bonds is 6. The van der Waals surface area contributed by atoms with Crippen LogP contribution in [0.5, 0.6) is 0 Å². The van der Waals surface area contributed by atoms with Gasteiger partial charge in [-0.25, -0.2) is 4.98 Å². The maximum absolute atomic E-state index is 12.1. The Kier molecular flexibility index (Phi) is 5.52. The van der Waals surface area contributed by atoms with E-state index in [4.69, 9.17) is 0 Å². The molecule has 0 aromatic carbocycles. The maximum Gasteiger partial charge on any atom is 0.291 e. The molecule has 1 saturated heterocycles. The van der Waals surface area contributed by atoms with Crippen molar-refractivity contribution < 1.29 is 4.79 Å². The van der Waals surface area contributed by atoms with E-state index in [9.17, 15) is 4.79 Å². The molecule has 20 heavy (non-hydrogen) atoms. The highest BCUT2D eigenvalue weighted by Crippen LogP contribution is 2.19. The van der Waals surface area contributed by atoms with Crippen LogP contribution in [0.2, 0.25) is 0 Å². The lowest BCUT2D eigenvalue weighted by Crippen LogP contribution is -2.41. The summed E-state index contributed by atoms with van der Waals surface area (Å²) in [4.78, 5) is 20.3. The lowest BCUT2D eigenvalue weighted by Gasteiger charge is -2.33. The van der Waals surface area contributed by atoms with Gasteiger partial charge in [0, 0.05) is 19.6 Å². The fourth-order valence-electron chi connectivity index (χ4n) is 2.74. The molecular formula is C14H25N5O. The average Bonchev–Trinajstić information content (AvgIpc) is 2.99. The van der Waals surface area contributed by atoms with E-state index >= 15 is 0 Å². The molecule has 2 heterocycles. The molecule has 2 rings (SSSR count). The largest absolute Gasteiger partial charge is 0.336 e. The van der Waals surface area contributed by atoms with Gasteiger partial charge >= 0.3 is 0 Å². The monoisotopic (exact) mass is 279 g/mol. The highest BCUT2D eigenvalue weighted by Gasteiger charge is 2.25.